The molecule has 2 aromatic carbocycles. The van der Waals surface area contributed by atoms with Crippen LogP contribution in [0.1, 0.15) is 24.9 Å². The lowest BCUT2D eigenvalue weighted by atomic mass is 10.0. The number of nitro benzene ring substituents is 1. The third-order valence-corrected chi connectivity index (χ3v) is 3.79. The van der Waals surface area contributed by atoms with Crippen molar-refractivity contribution in [1.82, 2.24) is 5.32 Å². The number of hydrogen-bond donors (Lipinski definition) is 2. The smallest absolute Gasteiger partial charge is 0.269 e. The molecule has 6 nitrogen and oxygen atoms in total. The number of hydrogen-bond acceptors (Lipinski definition) is 4. The Balaban J connectivity index is 1.99. The minimum absolute atomic E-state index is 0.0455. The second-order valence-corrected chi connectivity index (χ2v) is 5.54. The van der Waals surface area contributed by atoms with E-state index in [-0.39, 0.29) is 11.7 Å². The SMILES string of the molecule is CC[C@@H](NC(=S)Nc1ccc([N+](=O)[O-])cc1)c1ccc(OC)cc1. The molecular weight excluding hydrogens is 326 g/mol. The Morgan fingerprint density at radius 1 is 1.21 bits per heavy atom. The average molecular weight is 345 g/mol. The van der Waals surface area contributed by atoms with Crippen molar-refractivity contribution < 1.29 is 9.66 Å². The first-order valence-corrected chi connectivity index (χ1v) is 7.90. The third-order valence-electron chi connectivity index (χ3n) is 3.57. The van der Waals surface area contributed by atoms with E-state index < -0.39 is 4.92 Å². The number of non-ortho nitro benzene ring substituents is 1. The third kappa shape index (κ3) is 4.66. The molecule has 0 bridgehead atoms. The first-order valence-electron chi connectivity index (χ1n) is 7.49. The number of rotatable bonds is 6. The molecule has 0 heterocycles. The van der Waals surface area contributed by atoms with Crippen molar-refractivity contribution in [1.29, 1.82) is 0 Å². The van der Waals surface area contributed by atoms with Gasteiger partial charge in [-0.15, -0.1) is 0 Å². The van der Waals surface area contributed by atoms with Crippen molar-refractivity contribution in [3.05, 3.63) is 64.2 Å². The van der Waals surface area contributed by atoms with Crippen LogP contribution in [-0.4, -0.2) is 17.1 Å². The zero-order chi connectivity index (χ0) is 17.5. The van der Waals surface area contributed by atoms with Crippen LogP contribution in [-0.2, 0) is 0 Å². The molecule has 2 aromatic rings. The van der Waals surface area contributed by atoms with Crippen molar-refractivity contribution in [3.8, 4) is 5.75 Å². The predicted octanol–water partition coefficient (Wildman–Crippen LogP) is 4.04. The largest absolute Gasteiger partial charge is 0.497 e. The highest BCUT2D eigenvalue weighted by Gasteiger charge is 2.11. The molecule has 0 saturated carbocycles. The summed E-state index contributed by atoms with van der Waals surface area (Å²) in [7, 11) is 1.63. The lowest BCUT2D eigenvalue weighted by molar-refractivity contribution is -0.384. The molecule has 0 spiro atoms. The quantitative estimate of drug-likeness (QED) is 0.467. The van der Waals surface area contributed by atoms with Crippen molar-refractivity contribution in [2.75, 3.05) is 12.4 Å². The summed E-state index contributed by atoms with van der Waals surface area (Å²) < 4.78 is 5.16. The van der Waals surface area contributed by atoms with Gasteiger partial charge in [-0.3, -0.25) is 10.1 Å². The Kier molecular flexibility index (Phi) is 6.08. The topological polar surface area (TPSA) is 76.4 Å². The maximum atomic E-state index is 10.7. The van der Waals surface area contributed by atoms with Gasteiger partial charge in [0.05, 0.1) is 18.1 Å². The molecule has 1 atom stereocenters. The highest BCUT2D eigenvalue weighted by molar-refractivity contribution is 7.80. The molecule has 2 rings (SSSR count). The standard InChI is InChI=1S/C17H19N3O3S/c1-3-16(12-4-10-15(23-2)11-5-12)19-17(24)18-13-6-8-14(9-7-13)20(21)22/h4-11,16H,3H2,1-2H3,(H2,18,19,24)/t16-/m1/s1. The van der Waals surface area contributed by atoms with Gasteiger partial charge in [-0.2, -0.15) is 0 Å². The van der Waals surface area contributed by atoms with Crippen molar-refractivity contribution in [2.45, 2.75) is 19.4 Å². The molecule has 0 saturated heterocycles. The molecule has 0 aliphatic rings. The van der Waals surface area contributed by atoms with E-state index in [4.69, 9.17) is 17.0 Å². The van der Waals surface area contributed by atoms with Crippen molar-refractivity contribution >= 4 is 28.7 Å². The van der Waals surface area contributed by atoms with Crippen LogP contribution in [0, 0.1) is 10.1 Å². The van der Waals surface area contributed by atoms with Crippen LogP contribution in [0.25, 0.3) is 0 Å². The maximum absolute atomic E-state index is 10.7. The molecule has 0 aliphatic carbocycles. The Morgan fingerprint density at radius 3 is 2.33 bits per heavy atom. The second-order valence-electron chi connectivity index (χ2n) is 5.14. The normalized spacial score (nSPS) is 11.4. The Labute approximate surface area is 146 Å². The zero-order valence-corrected chi connectivity index (χ0v) is 14.3. The summed E-state index contributed by atoms with van der Waals surface area (Å²) in [4.78, 5) is 10.2. The summed E-state index contributed by atoms with van der Waals surface area (Å²) in [6, 6.07) is 14.0. The Hall–Kier alpha value is -2.67. The molecule has 24 heavy (non-hydrogen) atoms. The molecular formula is C17H19N3O3S. The van der Waals surface area contributed by atoms with Gasteiger partial charge in [0.15, 0.2) is 5.11 Å². The number of nitro groups is 1. The molecule has 7 heteroatoms. The lowest BCUT2D eigenvalue weighted by Crippen LogP contribution is -2.32. The minimum atomic E-state index is -0.433. The molecule has 0 aliphatic heterocycles. The van der Waals surface area contributed by atoms with E-state index in [0.717, 1.165) is 17.7 Å². The fraction of sp³-hybridized carbons (Fsp3) is 0.235. The van der Waals surface area contributed by atoms with Crippen LogP contribution in [0.4, 0.5) is 11.4 Å². The van der Waals surface area contributed by atoms with E-state index in [2.05, 4.69) is 17.6 Å². The van der Waals surface area contributed by atoms with Crippen LogP contribution in [0.2, 0.25) is 0 Å². The monoisotopic (exact) mass is 345 g/mol. The van der Waals surface area contributed by atoms with E-state index in [1.54, 1.807) is 19.2 Å². The van der Waals surface area contributed by atoms with Crippen LogP contribution < -0.4 is 15.4 Å². The van der Waals surface area contributed by atoms with Crippen LogP contribution in [0.5, 0.6) is 5.75 Å². The van der Waals surface area contributed by atoms with Gasteiger partial charge < -0.3 is 15.4 Å². The van der Waals surface area contributed by atoms with Gasteiger partial charge in [0.2, 0.25) is 0 Å². The summed E-state index contributed by atoms with van der Waals surface area (Å²) in [5.41, 5.74) is 1.85. The van der Waals surface area contributed by atoms with Gasteiger partial charge in [0.25, 0.3) is 5.69 Å². The molecule has 2 N–H and O–H groups in total. The van der Waals surface area contributed by atoms with Gasteiger partial charge >= 0.3 is 0 Å². The number of nitrogens with zero attached hydrogens (tertiary/aromatic N) is 1. The summed E-state index contributed by atoms with van der Waals surface area (Å²) in [6.45, 7) is 2.07. The maximum Gasteiger partial charge on any atom is 0.269 e. The number of nitrogens with one attached hydrogen (secondary N) is 2. The van der Waals surface area contributed by atoms with E-state index in [1.165, 1.54) is 12.1 Å². The van der Waals surface area contributed by atoms with Crippen LogP contribution in [0.15, 0.2) is 48.5 Å². The lowest BCUT2D eigenvalue weighted by Gasteiger charge is -2.20. The average Bonchev–Trinajstić information content (AvgIpc) is 2.60. The molecule has 126 valence electrons. The van der Waals surface area contributed by atoms with Gasteiger partial charge in [-0.05, 0) is 48.5 Å². The zero-order valence-electron chi connectivity index (χ0n) is 13.5. The summed E-state index contributed by atoms with van der Waals surface area (Å²) >= 11 is 5.33. The van der Waals surface area contributed by atoms with Crippen molar-refractivity contribution in [3.63, 3.8) is 0 Å². The minimum Gasteiger partial charge on any atom is -0.497 e. The molecule has 0 amide bonds. The number of thiocarbonyl (C=S) groups is 1. The van der Waals surface area contributed by atoms with Crippen LogP contribution in [0.3, 0.4) is 0 Å². The highest BCUT2D eigenvalue weighted by Crippen LogP contribution is 2.21. The molecule has 0 aromatic heterocycles. The predicted molar refractivity (Wildman–Crippen MR) is 98.5 cm³/mol. The first kappa shape index (κ1) is 17.7. The number of benzene rings is 2. The summed E-state index contributed by atoms with van der Waals surface area (Å²) in [6.07, 6.45) is 0.856. The van der Waals surface area contributed by atoms with Gasteiger partial charge in [-0.25, -0.2) is 0 Å². The van der Waals surface area contributed by atoms with Gasteiger partial charge in [0, 0.05) is 17.8 Å². The highest BCUT2D eigenvalue weighted by atomic mass is 32.1. The molecule has 0 fully saturated rings. The van der Waals surface area contributed by atoms with Crippen LogP contribution >= 0.6 is 12.2 Å². The molecule has 0 unspecified atom stereocenters. The fourth-order valence-electron chi connectivity index (χ4n) is 2.25. The van der Waals surface area contributed by atoms with Gasteiger partial charge in [-0.1, -0.05) is 19.1 Å². The van der Waals surface area contributed by atoms with E-state index >= 15 is 0 Å². The Bertz CT molecular complexity index is 702. The number of anilines is 1. The van der Waals surface area contributed by atoms with Crippen molar-refractivity contribution in [2.24, 2.45) is 0 Å². The Morgan fingerprint density at radius 2 is 1.83 bits per heavy atom. The number of methoxy groups -OCH3 is 1. The summed E-state index contributed by atoms with van der Waals surface area (Å²) in [5.74, 6) is 0.806. The second kappa shape index (κ2) is 8.26. The fourth-order valence-corrected chi connectivity index (χ4v) is 2.51. The van der Waals surface area contributed by atoms with E-state index in [0.29, 0.717) is 10.8 Å². The first-order chi connectivity index (χ1) is 11.5. The van der Waals surface area contributed by atoms with E-state index in [1.807, 2.05) is 24.3 Å². The summed E-state index contributed by atoms with van der Waals surface area (Å²) in [5, 5.41) is 17.4. The van der Waals surface area contributed by atoms with Gasteiger partial charge in [0.1, 0.15) is 5.75 Å². The van der Waals surface area contributed by atoms with E-state index in [9.17, 15) is 10.1 Å². The number of ether oxygens (including phenoxy) is 1. The molecule has 0 radical (unpaired) electrons.